The van der Waals surface area contributed by atoms with E-state index >= 15 is 0 Å². The van der Waals surface area contributed by atoms with E-state index in [1.807, 2.05) is 37.9 Å². The molecule has 1 heterocycles. The Hall–Kier alpha value is -1.33. The second-order valence-corrected chi connectivity index (χ2v) is 5.87. The highest BCUT2D eigenvalue weighted by molar-refractivity contribution is 5.78. The normalized spacial score (nSPS) is 14.6. The molecule has 5 heteroatoms. The molecule has 0 radical (unpaired) electrons. The van der Waals surface area contributed by atoms with Gasteiger partial charge >= 0.3 is 0 Å². The van der Waals surface area contributed by atoms with Crippen LogP contribution in [-0.2, 0) is 4.79 Å². The van der Waals surface area contributed by atoms with Crippen molar-refractivity contribution in [3.63, 3.8) is 0 Å². The molecule has 114 valence electrons. The summed E-state index contributed by atoms with van der Waals surface area (Å²) in [5.41, 5.74) is 6.04. The summed E-state index contributed by atoms with van der Waals surface area (Å²) in [7, 11) is 1.89. The van der Waals surface area contributed by atoms with Gasteiger partial charge < -0.3 is 15.5 Å². The van der Waals surface area contributed by atoms with Crippen LogP contribution in [0.1, 0.15) is 38.3 Å². The van der Waals surface area contributed by atoms with E-state index in [1.54, 1.807) is 0 Å². The minimum absolute atomic E-state index is 0.00938. The molecule has 1 aromatic rings. The van der Waals surface area contributed by atoms with Crippen molar-refractivity contribution in [1.82, 2.24) is 10.2 Å². The zero-order chi connectivity index (χ0) is 15.3. The number of aryl methyl sites for hydroxylation is 1. The first kappa shape index (κ1) is 16.7. The molecule has 0 aliphatic carbocycles. The van der Waals surface area contributed by atoms with Gasteiger partial charge in [-0.2, -0.15) is 0 Å². The average molecular weight is 281 g/mol. The van der Waals surface area contributed by atoms with Crippen molar-refractivity contribution in [2.24, 2.45) is 11.7 Å². The van der Waals surface area contributed by atoms with Gasteiger partial charge in [-0.25, -0.2) is 0 Å². The van der Waals surface area contributed by atoms with Crippen LogP contribution in [0.15, 0.2) is 16.5 Å². The SMILES string of the molecule is Cc1ccc(C(C(C)N)N(C)CC(=O)NCC(C)C)o1. The van der Waals surface area contributed by atoms with E-state index in [9.17, 15) is 4.79 Å². The van der Waals surface area contributed by atoms with Crippen molar-refractivity contribution < 1.29 is 9.21 Å². The molecular weight excluding hydrogens is 254 g/mol. The molecule has 0 aromatic carbocycles. The molecule has 5 nitrogen and oxygen atoms in total. The van der Waals surface area contributed by atoms with E-state index in [-0.39, 0.29) is 18.0 Å². The van der Waals surface area contributed by atoms with Crippen LogP contribution in [0.5, 0.6) is 0 Å². The minimum atomic E-state index is -0.122. The lowest BCUT2D eigenvalue weighted by Gasteiger charge is -2.29. The first-order valence-electron chi connectivity index (χ1n) is 7.10. The van der Waals surface area contributed by atoms with Gasteiger partial charge in [0.2, 0.25) is 5.91 Å². The second-order valence-electron chi connectivity index (χ2n) is 5.87. The molecule has 3 N–H and O–H groups in total. The Morgan fingerprint density at radius 1 is 1.40 bits per heavy atom. The van der Waals surface area contributed by atoms with Crippen molar-refractivity contribution in [1.29, 1.82) is 0 Å². The van der Waals surface area contributed by atoms with Gasteiger partial charge in [0.1, 0.15) is 11.5 Å². The van der Waals surface area contributed by atoms with Crippen LogP contribution in [0.4, 0.5) is 0 Å². The number of nitrogens with zero attached hydrogens (tertiary/aromatic N) is 1. The van der Waals surface area contributed by atoms with E-state index < -0.39 is 0 Å². The van der Waals surface area contributed by atoms with Crippen molar-refractivity contribution in [2.75, 3.05) is 20.1 Å². The number of rotatable bonds is 7. The predicted molar refractivity (Wildman–Crippen MR) is 80.3 cm³/mol. The van der Waals surface area contributed by atoms with Crippen LogP contribution >= 0.6 is 0 Å². The van der Waals surface area contributed by atoms with Crippen LogP contribution in [-0.4, -0.2) is 37.0 Å². The molecule has 0 aliphatic rings. The summed E-state index contributed by atoms with van der Waals surface area (Å²) in [5.74, 6) is 2.11. The summed E-state index contributed by atoms with van der Waals surface area (Å²) in [6.07, 6.45) is 0. The van der Waals surface area contributed by atoms with E-state index in [0.717, 1.165) is 11.5 Å². The van der Waals surface area contributed by atoms with Crippen LogP contribution in [0.2, 0.25) is 0 Å². The van der Waals surface area contributed by atoms with Gasteiger partial charge in [0.05, 0.1) is 12.6 Å². The predicted octanol–water partition coefficient (Wildman–Crippen LogP) is 1.68. The fraction of sp³-hybridized carbons (Fsp3) is 0.667. The van der Waals surface area contributed by atoms with Crippen molar-refractivity contribution >= 4 is 5.91 Å². The van der Waals surface area contributed by atoms with Crippen molar-refractivity contribution in [2.45, 2.75) is 39.8 Å². The quantitative estimate of drug-likeness (QED) is 0.797. The summed E-state index contributed by atoms with van der Waals surface area (Å²) >= 11 is 0. The lowest BCUT2D eigenvalue weighted by Crippen LogP contribution is -2.43. The van der Waals surface area contributed by atoms with Gasteiger partial charge in [-0.15, -0.1) is 0 Å². The van der Waals surface area contributed by atoms with Gasteiger partial charge in [-0.05, 0) is 38.9 Å². The highest BCUT2D eigenvalue weighted by Crippen LogP contribution is 2.23. The summed E-state index contributed by atoms with van der Waals surface area (Å²) in [5, 5.41) is 2.91. The number of hydrogen-bond acceptors (Lipinski definition) is 4. The number of nitrogens with two attached hydrogens (primary N) is 1. The zero-order valence-electron chi connectivity index (χ0n) is 13.1. The third kappa shape index (κ3) is 4.98. The van der Waals surface area contributed by atoms with E-state index in [2.05, 4.69) is 19.2 Å². The highest BCUT2D eigenvalue weighted by Gasteiger charge is 2.25. The first-order chi connectivity index (χ1) is 9.31. The summed E-state index contributed by atoms with van der Waals surface area (Å²) in [6, 6.07) is 3.61. The lowest BCUT2D eigenvalue weighted by atomic mass is 10.1. The maximum atomic E-state index is 11.9. The van der Waals surface area contributed by atoms with E-state index in [1.165, 1.54) is 0 Å². The Balaban J connectivity index is 2.66. The average Bonchev–Trinajstić information content (AvgIpc) is 2.72. The maximum absolute atomic E-state index is 11.9. The third-order valence-electron chi connectivity index (χ3n) is 3.13. The van der Waals surface area contributed by atoms with Crippen LogP contribution < -0.4 is 11.1 Å². The Labute approximate surface area is 121 Å². The molecule has 0 fully saturated rings. The number of carbonyl (C=O) groups is 1. The van der Waals surface area contributed by atoms with Crippen LogP contribution in [0.3, 0.4) is 0 Å². The monoisotopic (exact) mass is 281 g/mol. The summed E-state index contributed by atoms with van der Waals surface area (Å²) in [6.45, 7) is 8.96. The molecule has 0 saturated heterocycles. The highest BCUT2D eigenvalue weighted by atomic mass is 16.3. The fourth-order valence-corrected chi connectivity index (χ4v) is 2.19. The van der Waals surface area contributed by atoms with Crippen LogP contribution in [0, 0.1) is 12.8 Å². The Kier molecular flexibility index (Phi) is 6.23. The Morgan fingerprint density at radius 2 is 2.05 bits per heavy atom. The molecule has 2 atom stereocenters. The van der Waals surface area contributed by atoms with Crippen molar-refractivity contribution in [3.05, 3.63) is 23.7 Å². The summed E-state index contributed by atoms with van der Waals surface area (Å²) in [4.78, 5) is 13.8. The molecule has 1 aromatic heterocycles. The second kappa shape index (κ2) is 7.45. The zero-order valence-corrected chi connectivity index (χ0v) is 13.1. The van der Waals surface area contributed by atoms with Gasteiger partial charge in [-0.1, -0.05) is 13.8 Å². The molecule has 20 heavy (non-hydrogen) atoms. The maximum Gasteiger partial charge on any atom is 0.234 e. The standard InChI is InChI=1S/C15H27N3O2/c1-10(2)8-17-14(19)9-18(5)15(12(4)16)13-7-6-11(3)20-13/h6-7,10,12,15H,8-9,16H2,1-5H3,(H,17,19). The summed E-state index contributed by atoms with van der Waals surface area (Å²) < 4.78 is 5.65. The number of hydrogen-bond donors (Lipinski definition) is 2. The molecule has 0 aliphatic heterocycles. The molecule has 2 unspecified atom stereocenters. The van der Waals surface area contributed by atoms with Gasteiger partial charge in [0.25, 0.3) is 0 Å². The minimum Gasteiger partial charge on any atom is -0.465 e. The number of furan rings is 1. The van der Waals surface area contributed by atoms with Gasteiger partial charge in [-0.3, -0.25) is 9.69 Å². The lowest BCUT2D eigenvalue weighted by molar-refractivity contribution is -0.122. The fourth-order valence-electron chi connectivity index (χ4n) is 2.19. The third-order valence-corrected chi connectivity index (χ3v) is 3.13. The largest absolute Gasteiger partial charge is 0.465 e. The van der Waals surface area contributed by atoms with Gasteiger partial charge in [0, 0.05) is 12.6 Å². The van der Waals surface area contributed by atoms with Crippen molar-refractivity contribution in [3.8, 4) is 0 Å². The Morgan fingerprint density at radius 3 is 2.50 bits per heavy atom. The number of amides is 1. The van der Waals surface area contributed by atoms with E-state index in [4.69, 9.17) is 10.2 Å². The molecule has 1 amide bonds. The molecular formula is C15H27N3O2. The topological polar surface area (TPSA) is 71.5 Å². The first-order valence-corrected chi connectivity index (χ1v) is 7.10. The smallest absolute Gasteiger partial charge is 0.234 e. The molecule has 0 saturated carbocycles. The van der Waals surface area contributed by atoms with Crippen LogP contribution in [0.25, 0.3) is 0 Å². The van der Waals surface area contributed by atoms with E-state index in [0.29, 0.717) is 19.0 Å². The number of nitrogens with one attached hydrogen (secondary N) is 1. The Bertz CT molecular complexity index is 427. The molecule has 0 spiro atoms. The number of carbonyl (C=O) groups excluding carboxylic acids is 1. The van der Waals surface area contributed by atoms with Gasteiger partial charge in [0.15, 0.2) is 0 Å². The number of likely N-dealkylation sites (N-methyl/N-ethyl adjacent to an activating group) is 1. The molecule has 1 rings (SSSR count). The molecule has 0 bridgehead atoms.